The molecule has 0 aliphatic carbocycles. The molecule has 208 valence electrons. The summed E-state index contributed by atoms with van der Waals surface area (Å²) in [6, 6.07) is 10.7. The molecule has 12 heteroatoms. The van der Waals surface area contributed by atoms with Gasteiger partial charge in [0.05, 0.1) is 50.8 Å². The third-order valence-electron chi connectivity index (χ3n) is 7.16. The number of nitrogens with zero attached hydrogens (tertiary/aromatic N) is 4. The number of nitrogens with two attached hydrogens (primary N) is 1. The Morgan fingerprint density at radius 2 is 1.57 bits per heavy atom. The molecule has 1 fully saturated rings. The van der Waals surface area contributed by atoms with Gasteiger partial charge in [-0.25, -0.2) is 14.6 Å². The van der Waals surface area contributed by atoms with Crippen LogP contribution in [0.1, 0.15) is 45.2 Å². The maximum Gasteiger partial charge on any atom is 0.338 e. The van der Waals surface area contributed by atoms with Crippen molar-refractivity contribution in [3.8, 4) is 22.8 Å². The van der Waals surface area contributed by atoms with Crippen LogP contribution in [0.5, 0.6) is 11.5 Å². The van der Waals surface area contributed by atoms with Crippen LogP contribution in [0.4, 0.5) is 11.8 Å². The SMILES string of the molecule is COC(=O)c1cc2nc(N3CCC(c4cc(-c5ccc(OC)c(OC)c5)n[nH]4)CC3)nc(N)c2cc1C(=O)OC. The van der Waals surface area contributed by atoms with Gasteiger partial charge in [0.1, 0.15) is 5.82 Å². The lowest BCUT2D eigenvalue weighted by Gasteiger charge is -2.31. The lowest BCUT2D eigenvalue weighted by atomic mass is 9.93. The van der Waals surface area contributed by atoms with Crippen molar-refractivity contribution < 1.29 is 28.5 Å². The van der Waals surface area contributed by atoms with Gasteiger partial charge in [-0.05, 0) is 49.2 Å². The number of aromatic nitrogens is 4. The standard InChI is InChI=1S/C28H30N6O6/c1-37-23-6-5-16(11-24(23)38-2)21-14-20(32-33-21)15-7-9-34(10-8-15)28-30-22-13-18(27(36)40-4)17(26(35)39-3)12-19(22)25(29)31-28/h5-6,11-15H,7-10H2,1-4H3,(H,32,33)(H2,29,30,31). The Balaban J connectivity index is 1.35. The molecule has 4 aromatic rings. The molecule has 3 N–H and O–H groups in total. The monoisotopic (exact) mass is 546 g/mol. The predicted octanol–water partition coefficient (Wildman–Crippen LogP) is 3.58. The second kappa shape index (κ2) is 11.1. The minimum absolute atomic E-state index is 0.0396. The number of carbonyl (C=O) groups excluding carboxylic acids is 2. The Kier molecular flexibility index (Phi) is 7.41. The maximum absolute atomic E-state index is 12.4. The summed E-state index contributed by atoms with van der Waals surface area (Å²) >= 11 is 0. The van der Waals surface area contributed by atoms with Gasteiger partial charge in [0.15, 0.2) is 11.5 Å². The van der Waals surface area contributed by atoms with Gasteiger partial charge in [0, 0.05) is 35.7 Å². The highest BCUT2D eigenvalue weighted by molar-refractivity contribution is 6.08. The van der Waals surface area contributed by atoms with Gasteiger partial charge >= 0.3 is 11.9 Å². The first-order valence-corrected chi connectivity index (χ1v) is 12.7. The molecule has 0 amide bonds. The van der Waals surface area contributed by atoms with Crippen molar-refractivity contribution in [2.24, 2.45) is 0 Å². The van der Waals surface area contributed by atoms with Crippen LogP contribution in [0.2, 0.25) is 0 Å². The maximum atomic E-state index is 12.4. The molecule has 0 bridgehead atoms. The number of anilines is 2. The van der Waals surface area contributed by atoms with Gasteiger partial charge < -0.3 is 29.6 Å². The van der Waals surface area contributed by atoms with E-state index in [2.05, 4.69) is 31.1 Å². The summed E-state index contributed by atoms with van der Waals surface area (Å²) in [5.74, 6) is 0.903. The zero-order valence-corrected chi connectivity index (χ0v) is 22.7. The molecule has 2 aromatic heterocycles. The Morgan fingerprint density at radius 1 is 0.900 bits per heavy atom. The molecule has 0 spiro atoms. The van der Waals surface area contributed by atoms with Crippen LogP contribution in [-0.2, 0) is 9.47 Å². The molecule has 0 unspecified atom stereocenters. The molecule has 40 heavy (non-hydrogen) atoms. The minimum atomic E-state index is -0.680. The number of ether oxygens (including phenoxy) is 4. The highest BCUT2D eigenvalue weighted by Gasteiger charge is 2.26. The number of nitrogens with one attached hydrogen (secondary N) is 1. The second-order valence-electron chi connectivity index (χ2n) is 9.35. The number of benzene rings is 2. The highest BCUT2D eigenvalue weighted by Crippen LogP contribution is 2.35. The number of piperidine rings is 1. The number of aromatic amines is 1. The fraction of sp³-hybridized carbons (Fsp3) is 0.321. The normalized spacial score (nSPS) is 13.8. The molecule has 0 radical (unpaired) electrons. The van der Waals surface area contributed by atoms with Crippen molar-refractivity contribution in [2.75, 3.05) is 52.2 Å². The Hall–Kier alpha value is -4.87. The lowest BCUT2D eigenvalue weighted by molar-refractivity contribution is 0.0555. The average Bonchev–Trinajstić information content (AvgIpc) is 3.49. The van der Waals surface area contributed by atoms with Crippen LogP contribution in [0.25, 0.3) is 22.2 Å². The molecule has 1 saturated heterocycles. The van der Waals surface area contributed by atoms with Crippen LogP contribution in [-0.4, -0.2) is 73.6 Å². The number of nitrogen functional groups attached to an aromatic ring is 1. The van der Waals surface area contributed by atoms with E-state index < -0.39 is 11.9 Å². The number of hydrogen-bond acceptors (Lipinski definition) is 11. The average molecular weight is 547 g/mol. The Labute approximate surface area is 230 Å². The van der Waals surface area contributed by atoms with E-state index in [-0.39, 0.29) is 22.9 Å². The summed E-state index contributed by atoms with van der Waals surface area (Å²) in [6.07, 6.45) is 1.70. The zero-order valence-electron chi connectivity index (χ0n) is 22.7. The number of rotatable bonds is 7. The molecule has 0 atom stereocenters. The van der Waals surface area contributed by atoms with Crippen molar-refractivity contribution in [2.45, 2.75) is 18.8 Å². The summed E-state index contributed by atoms with van der Waals surface area (Å²) in [5, 5.41) is 8.17. The Morgan fingerprint density at radius 3 is 2.23 bits per heavy atom. The first-order chi connectivity index (χ1) is 19.4. The van der Waals surface area contributed by atoms with Crippen LogP contribution < -0.4 is 20.1 Å². The number of fused-ring (bicyclic) bond motifs is 1. The summed E-state index contributed by atoms with van der Waals surface area (Å²) in [6.45, 7) is 1.40. The first kappa shape index (κ1) is 26.7. The minimum Gasteiger partial charge on any atom is -0.493 e. The van der Waals surface area contributed by atoms with E-state index in [1.54, 1.807) is 14.2 Å². The lowest BCUT2D eigenvalue weighted by Crippen LogP contribution is -2.34. The van der Waals surface area contributed by atoms with E-state index in [1.807, 2.05) is 18.2 Å². The molecular weight excluding hydrogens is 516 g/mol. The third kappa shape index (κ3) is 4.95. The topological polar surface area (TPSA) is 155 Å². The van der Waals surface area contributed by atoms with E-state index in [0.717, 1.165) is 29.8 Å². The van der Waals surface area contributed by atoms with Crippen molar-refractivity contribution in [1.82, 2.24) is 20.2 Å². The first-order valence-electron chi connectivity index (χ1n) is 12.7. The second-order valence-corrected chi connectivity index (χ2v) is 9.35. The molecular formula is C28H30N6O6. The zero-order chi connectivity index (χ0) is 28.4. The largest absolute Gasteiger partial charge is 0.493 e. The molecule has 3 heterocycles. The molecule has 1 aliphatic heterocycles. The number of esters is 2. The molecule has 0 saturated carbocycles. The summed E-state index contributed by atoms with van der Waals surface area (Å²) in [5.41, 5.74) is 9.61. The van der Waals surface area contributed by atoms with Crippen LogP contribution >= 0.6 is 0 Å². The van der Waals surface area contributed by atoms with E-state index in [4.69, 9.17) is 24.7 Å². The van der Waals surface area contributed by atoms with Gasteiger partial charge in [-0.15, -0.1) is 0 Å². The van der Waals surface area contributed by atoms with Crippen molar-refractivity contribution in [1.29, 1.82) is 0 Å². The third-order valence-corrected chi connectivity index (χ3v) is 7.16. The van der Waals surface area contributed by atoms with E-state index >= 15 is 0 Å². The fourth-order valence-corrected chi connectivity index (χ4v) is 4.97. The highest BCUT2D eigenvalue weighted by atomic mass is 16.5. The van der Waals surface area contributed by atoms with Gasteiger partial charge in [-0.1, -0.05) is 0 Å². The predicted molar refractivity (Wildman–Crippen MR) is 148 cm³/mol. The summed E-state index contributed by atoms with van der Waals surface area (Å²) in [4.78, 5) is 35.9. The Bertz CT molecular complexity index is 1580. The van der Waals surface area contributed by atoms with E-state index in [0.29, 0.717) is 41.4 Å². The molecule has 12 nitrogen and oxygen atoms in total. The van der Waals surface area contributed by atoms with Crippen LogP contribution in [0.3, 0.4) is 0 Å². The number of methoxy groups -OCH3 is 4. The van der Waals surface area contributed by atoms with Crippen molar-refractivity contribution >= 4 is 34.6 Å². The quantitative estimate of drug-likeness (QED) is 0.327. The van der Waals surface area contributed by atoms with E-state index in [1.165, 1.54) is 26.4 Å². The molecule has 5 rings (SSSR count). The number of hydrogen-bond donors (Lipinski definition) is 2. The van der Waals surface area contributed by atoms with Gasteiger partial charge in [-0.3, -0.25) is 5.10 Å². The van der Waals surface area contributed by atoms with Crippen molar-refractivity contribution in [3.63, 3.8) is 0 Å². The molecule has 1 aliphatic rings. The van der Waals surface area contributed by atoms with Crippen LogP contribution in [0, 0.1) is 0 Å². The van der Waals surface area contributed by atoms with Gasteiger partial charge in [0.2, 0.25) is 5.95 Å². The summed E-state index contributed by atoms with van der Waals surface area (Å²) in [7, 11) is 5.69. The van der Waals surface area contributed by atoms with Gasteiger partial charge in [0.25, 0.3) is 0 Å². The molecule has 2 aromatic carbocycles. The van der Waals surface area contributed by atoms with E-state index in [9.17, 15) is 9.59 Å². The van der Waals surface area contributed by atoms with Gasteiger partial charge in [-0.2, -0.15) is 10.1 Å². The van der Waals surface area contributed by atoms with Crippen LogP contribution in [0.15, 0.2) is 36.4 Å². The number of carbonyl (C=O) groups is 2. The number of H-pyrrole nitrogens is 1. The summed E-state index contributed by atoms with van der Waals surface area (Å²) < 4.78 is 20.4. The van der Waals surface area contributed by atoms with Crippen molar-refractivity contribution in [3.05, 3.63) is 53.2 Å². The fourth-order valence-electron chi connectivity index (χ4n) is 4.97. The smallest absolute Gasteiger partial charge is 0.338 e.